The van der Waals surface area contributed by atoms with E-state index in [2.05, 4.69) is 23.9 Å². The molecular weight excluding hydrogens is 226 g/mol. The second-order valence-electron chi connectivity index (χ2n) is 4.37. The average Bonchev–Trinajstić information content (AvgIpc) is 2.87. The highest BCUT2D eigenvalue weighted by molar-refractivity contribution is 5.32. The van der Waals surface area contributed by atoms with Gasteiger partial charge in [-0.2, -0.15) is 5.10 Å². The van der Waals surface area contributed by atoms with Gasteiger partial charge in [0.05, 0.1) is 6.20 Å². The molecule has 1 unspecified atom stereocenters. The van der Waals surface area contributed by atoms with E-state index in [0.29, 0.717) is 0 Å². The molecule has 4 nitrogen and oxygen atoms in total. The molecule has 0 aromatic carbocycles. The number of pyridine rings is 1. The second kappa shape index (κ2) is 5.78. The first-order valence-electron chi connectivity index (χ1n) is 6.39. The minimum Gasteiger partial charge on any atom is -0.384 e. The molecule has 2 aromatic heterocycles. The Kier molecular flexibility index (Phi) is 4.10. The number of hydrogen-bond acceptors (Lipinski definition) is 3. The van der Waals surface area contributed by atoms with Gasteiger partial charge in [0.25, 0.3) is 0 Å². The van der Waals surface area contributed by atoms with E-state index >= 15 is 0 Å². The van der Waals surface area contributed by atoms with E-state index in [1.54, 1.807) is 12.4 Å². The summed E-state index contributed by atoms with van der Waals surface area (Å²) in [6.07, 6.45) is 8.46. The molecule has 0 aliphatic carbocycles. The van der Waals surface area contributed by atoms with Crippen molar-refractivity contribution in [2.24, 2.45) is 0 Å². The third kappa shape index (κ3) is 2.59. The van der Waals surface area contributed by atoms with Crippen molar-refractivity contribution < 1.29 is 5.11 Å². The van der Waals surface area contributed by atoms with Crippen molar-refractivity contribution in [2.45, 2.75) is 39.3 Å². The van der Waals surface area contributed by atoms with E-state index in [0.717, 1.165) is 36.1 Å². The van der Waals surface area contributed by atoms with E-state index in [1.165, 1.54) is 0 Å². The number of nitrogens with zero attached hydrogens (tertiary/aromatic N) is 3. The Morgan fingerprint density at radius 2 is 2.17 bits per heavy atom. The van der Waals surface area contributed by atoms with Crippen LogP contribution in [0.4, 0.5) is 0 Å². The van der Waals surface area contributed by atoms with Gasteiger partial charge in [0.2, 0.25) is 0 Å². The summed E-state index contributed by atoms with van der Waals surface area (Å²) < 4.78 is 1.87. The molecule has 0 fully saturated rings. The van der Waals surface area contributed by atoms with Gasteiger partial charge in [-0.1, -0.05) is 13.8 Å². The summed E-state index contributed by atoms with van der Waals surface area (Å²) in [4.78, 5) is 4.09. The van der Waals surface area contributed by atoms with Crippen molar-refractivity contribution in [2.75, 3.05) is 0 Å². The zero-order valence-corrected chi connectivity index (χ0v) is 10.9. The maximum Gasteiger partial charge on any atom is 0.107 e. The minimum absolute atomic E-state index is 0.617. The second-order valence-corrected chi connectivity index (χ2v) is 4.37. The number of aryl methyl sites for hydroxylation is 2. The van der Waals surface area contributed by atoms with Crippen LogP contribution in [0.25, 0.3) is 0 Å². The summed E-state index contributed by atoms with van der Waals surface area (Å²) in [5, 5.41) is 14.7. The van der Waals surface area contributed by atoms with Gasteiger partial charge in [-0.05, 0) is 30.0 Å². The van der Waals surface area contributed by atoms with Crippen LogP contribution >= 0.6 is 0 Å². The normalized spacial score (nSPS) is 12.6. The van der Waals surface area contributed by atoms with Gasteiger partial charge < -0.3 is 5.11 Å². The van der Waals surface area contributed by atoms with Crippen molar-refractivity contribution in [1.82, 2.24) is 14.8 Å². The SMILES string of the molecule is CCCn1cc(C(O)c2ccncc2CC)cn1. The molecule has 2 rings (SSSR count). The number of aromatic nitrogens is 3. The summed E-state index contributed by atoms with van der Waals surface area (Å²) in [6, 6.07) is 1.88. The Hall–Kier alpha value is -1.68. The third-order valence-electron chi connectivity index (χ3n) is 3.04. The van der Waals surface area contributed by atoms with E-state index in [4.69, 9.17) is 0 Å². The van der Waals surface area contributed by atoms with Crippen LogP contribution in [0.3, 0.4) is 0 Å². The average molecular weight is 245 g/mol. The van der Waals surface area contributed by atoms with Crippen molar-refractivity contribution in [3.63, 3.8) is 0 Å². The lowest BCUT2D eigenvalue weighted by molar-refractivity contribution is 0.219. The van der Waals surface area contributed by atoms with Crippen LogP contribution in [-0.2, 0) is 13.0 Å². The van der Waals surface area contributed by atoms with Crippen LogP contribution < -0.4 is 0 Å². The highest BCUT2D eigenvalue weighted by Gasteiger charge is 2.15. The van der Waals surface area contributed by atoms with Gasteiger partial charge >= 0.3 is 0 Å². The maximum absolute atomic E-state index is 10.4. The lowest BCUT2D eigenvalue weighted by Crippen LogP contribution is -2.03. The summed E-state index contributed by atoms with van der Waals surface area (Å²) in [5.74, 6) is 0. The molecule has 0 bridgehead atoms. The highest BCUT2D eigenvalue weighted by Crippen LogP contribution is 2.24. The third-order valence-corrected chi connectivity index (χ3v) is 3.04. The molecule has 0 radical (unpaired) electrons. The molecule has 0 aliphatic rings. The predicted octanol–water partition coefficient (Wildman–Crippen LogP) is 2.33. The zero-order chi connectivity index (χ0) is 13.0. The minimum atomic E-state index is -0.617. The van der Waals surface area contributed by atoms with Gasteiger partial charge in [-0.25, -0.2) is 0 Å². The van der Waals surface area contributed by atoms with E-state index < -0.39 is 6.10 Å². The zero-order valence-electron chi connectivity index (χ0n) is 10.9. The molecule has 1 atom stereocenters. The van der Waals surface area contributed by atoms with Crippen LogP contribution in [0.15, 0.2) is 30.9 Å². The molecule has 0 saturated carbocycles. The van der Waals surface area contributed by atoms with Crippen molar-refractivity contribution in [3.05, 3.63) is 47.5 Å². The lowest BCUT2D eigenvalue weighted by atomic mass is 9.99. The molecule has 2 aromatic rings. The summed E-state index contributed by atoms with van der Waals surface area (Å²) in [6.45, 7) is 5.05. The molecule has 2 heterocycles. The number of aliphatic hydroxyl groups is 1. The fraction of sp³-hybridized carbons (Fsp3) is 0.429. The van der Waals surface area contributed by atoms with Crippen LogP contribution in [0.2, 0.25) is 0 Å². The van der Waals surface area contributed by atoms with E-state index in [1.807, 2.05) is 23.1 Å². The lowest BCUT2D eigenvalue weighted by Gasteiger charge is -2.12. The van der Waals surface area contributed by atoms with E-state index in [-0.39, 0.29) is 0 Å². The summed E-state index contributed by atoms with van der Waals surface area (Å²) in [7, 11) is 0. The summed E-state index contributed by atoms with van der Waals surface area (Å²) >= 11 is 0. The number of aliphatic hydroxyl groups excluding tert-OH is 1. The van der Waals surface area contributed by atoms with E-state index in [9.17, 15) is 5.11 Å². The Labute approximate surface area is 107 Å². The largest absolute Gasteiger partial charge is 0.384 e. The van der Waals surface area contributed by atoms with Crippen LogP contribution in [-0.4, -0.2) is 19.9 Å². The number of rotatable bonds is 5. The molecule has 0 spiro atoms. The quantitative estimate of drug-likeness (QED) is 0.879. The highest BCUT2D eigenvalue weighted by atomic mass is 16.3. The topological polar surface area (TPSA) is 50.9 Å². The molecule has 0 aliphatic heterocycles. The van der Waals surface area contributed by atoms with Gasteiger partial charge in [0.1, 0.15) is 6.10 Å². The van der Waals surface area contributed by atoms with Crippen LogP contribution in [0.1, 0.15) is 43.1 Å². The molecule has 4 heteroatoms. The van der Waals surface area contributed by atoms with Crippen LogP contribution in [0, 0.1) is 0 Å². The Bertz CT molecular complexity index is 507. The first-order chi connectivity index (χ1) is 8.76. The van der Waals surface area contributed by atoms with Crippen molar-refractivity contribution >= 4 is 0 Å². The van der Waals surface area contributed by atoms with Crippen molar-refractivity contribution in [1.29, 1.82) is 0 Å². The smallest absolute Gasteiger partial charge is 0.107 e. The standard InChI is InChI=1S/C14H19N3O/c1-3-7-17-10-12(9-16-17)14(18)13-5-6-15-8-11(13)4-2/h5-6,8-10,14,18H,3-4,7H2,1-2H3. The van der Waals surface area contributed by atoms with Crippen LogP contribution in [0.5, 0.6) is 0 Å². The monoisotopic (exact) mass is 245 g/mol. The van der Waals surface area contributed by atoms with Gasteiger partial charge in [0.15, 0.2) is 0 Å². The molecule has 1 N–H and O–H groups in total. The van der Waals surface area contributed by atoms with Gasteiger partial charge in [-0.15, -0.1) is 0 Å². The fourth-order valence-electron chi connectivity index (χ4n) is 2.05. The molecule has 18 heavy (non-hydrogen) atoms. The first-order valence-corrected chi connectivity index (χ1v) is 6.39. The Morgan fingerprint density at radius 1 is 1.33 bits per heavy atom. The maximum atomic E-state index is 10.4. The molecule has 0 saturated heterocycles. The number of hydrogen-bond donors (Lipinski definition) is 1. The molecule has 96 valence electrons. The predicted molar refractivity (Wildman–Crippen MR) is 70.2 cm³/mol. The van der Waals surface area contributed by atoms with Gasteiger partial charge in [-0.3, -0.25) is 9.67 Å². The van der Waals surface area contributed by atoms with Crippen molar-refractivity contribution in [3.8, 4) is 0 Å². The molecule has 0 amide bonds. The Balaban J connectivity index is 2.26. The fourth-order valence-corrected chi connectivity index (χ4v) is 2.05. The van der Waals surface area contributed by atoms with Gasteiger partial charge in [0, 0.05) is 30.7 Å². The summed E-state index contributed by atoms with van der Waals surface area (Å²) in [5.41, 5.74) is 2.83. The Morgan fingerprint density at radius 3 is 2.89 bits per heavy atom. The first kappa shape index (κ1) is 12.8. The molecular formula is C14H19N3O.